The van der Waals surface area contributed by atoms with Gasteiger partial charge in [0.1, 0.15) is 0 Å². The lowest BCUT2D eigenvalue weighted by Crippen LogP contribution is -2.45. The summed E-state index contributed by atoms with van der Waals surface area (Å²) in [4.78, 5) is 40.1. The van der Waals surface area contributed by atoms with Crippen molar-refractivity contribution in [3.05, 3.63) is 29.8 Å². The quantitative estimate of drug-likeness (QED) is 0.855. The van der Waals surface area contributed by atoms with E-state index in [-0.39, 0.29) is 17.8 Å². The average molecular weight is 372 g/mol. The second-order valence-electron chi connectivity index (χ2n) is 7.33. The summed E-state index contributed by atoms with van der Waals surface area (Å²) < 4.78 is 0. The summed E-state index contributed by atoms with van der Waals surface area (Å²) in [6.45, 7) is 3.77. The summed E-state index contributed by atoms with van der Waals surface area (Å²) in [6, 6.07) is 7.26. The first-order chi connectivity index (χ1) is 13.0. The van der Waals surface area contributed by atoms with E-state index in [2.05, 4.69) is 10.6 Å². The van der Waals surface area contributed by atoms with Crippen LogP contribution in [0.15, 0.2) is 24.3 Å². The molecule has 7 heteroatoms. The van der Waals surface area contributed by atoms with Crippen molar-refractivity contribution >= 4 is 23.5 Å². The normalized spacial score (nSPS) is 18.1. The highest BCUT2D eigenvalue weighted by molar-refractivity contribution is 5.96. The highest BCUT2D eigenvalue weighted by Crippen LogP contribution is 2.18. The molecule has 146 valence electrons. The molecular formula is C20H28N4O3. The first-order valence-electron chi connectivity index (χ1n) is 9.75. The summed E-state index contributed by atoms with van der Waals surface area (Å²) in [7, 11) is 0. The Hall–Kier alpha value is -2.57. The van der Waals surface area contributed by atoms with Crippen LogP contribution in [-0.2, 0) is 4.79 Å². The Morgan fingerprint density at radius 3 is 2.41 bits per heavy atom. The van der Waals surface area contributed by atoms with Crippen LogP contribution >= 0.6 is 0 Å². The number of anilines is 1. The zero-order valence-electron chi connectivity index (χ0n) is 15.9. The number of hydrogen-bond acceptors (Lipinski definition) is 3. The lowest BCUT2D eigenvalue weighted by Gasteiger charge is -2.24. The van der Waals surface area contributed by atoms with Crippen LogP contribution in [0.3, 0.4) is 0 Å². The van der Waals surface area contributed by atoms with Crippen LogP contribution in [-0.4, -0.2) is 59.9 Å². The predicted molar refractivity (Wildman–Crippen MR) is 104 cm³/mol. The number of nitrogens with zero attached hydrogens (tertiary/aromatic N) is 2. The molecule has 1 aliphatic carbocycles. The monoisotopic (exact) mass is 372 g/mol. The minimum absolute atomic E-state index is 0.0103. The fourth-order valence-electron chi connectivity index (χ4n) is 3.78. The van der Waals surface area contributed by atoms with Crippen molar-refractivity contribution in [1.29, 1.82) is 0 Å². The lowest BCUT2D eigenvalue weighted by molar-refractivity contribution is -0.114. The largest absolute Gasteiger partial charge is 0.337 e. The van der Waals surface area contributed by atoms with Crippen LogP contribution in [0.4, 0.5) is 10.5 Å². The molecule has 0 spiro atoms. The Kier molecular flexibility index (Phi) is 6.32. The van der Waals surface area contributed by atoms with Gasteiger partial charge in [0.2, 0.25) is 5.91 Å². The molecule has 4 amide bonds. The van der Waals surface area contributed by atoms with Crippen molar-refractivity contribution in [2.45, 2.75) is 45.1 Å². The number of urea groups is 1. The van der Waals surface area contributed by atoms with E-state index in [1.54, 1.807) is 29.2 Å². The molecule has 2 aliphatic rings. The molecule has 1 saturated heterocycles. The van der Waals surface area contributed by atoms with Gasteiger partial charge in [0.05, 0.1) is 0 Å². The van der Waals surface area contributed by atoms with Gasteiger partial charge < -0.3 is 20.4 Å². The first kappa shape index (κ1) is 19.2. The minimum atomic E-state index is -0.168. The molecule has 2 N–H and O–H groups in total. The molecule has 1 aromatic rings. The Morgan fingerprint density at radius 1 is 0.963 bits per heavy atom. The van der Waals surface area contributed by atoms with Crippen LogP contribution < -0.4 is 10.6 Å². The molecule has 3 rings (SSSR count). The Bertz CT molecular complexity index is 700. The predicted octanol–water partition coefficient (Wildman–Crippen LogP) is 2.45. The van der Waals surface area contributed by atoms with E-state index in [4.69, 9.17) is 0 Å². The molecule has 1 aromatic carbocycles. The maximum atomic E-state index is 12.8. The van der Waals surface area contributed by atoms with Gasteiger partial charge in [-0.25, -0.2) is 4.79 Å². The van der Waals surface area contributed by atoms with Gasteiger partial charge in [-0.1, -0.05) is 18.9 Å². The lowest BCUT2D eigenvalue weighted by atomic mass is 10.1. The van der Waals surface area contributed by atoms with Crippen LogP contribution in [0.1, 0.15) is 49.4 Å². The molecule has 0 unspecified atom stereocenters. The molecule has 2 fully saturated rings. The summed E-state index contributed by atoms with van der Waals surface area (Å²) in [5.74, 6) is -0.237. The molecular weight excluding hydrogens is 344 g/mol. The van der Waals surface area contributed by atoms with Gasteiger partial charge in [-0.05, 0) is 37.5 Å². The summed E-state index contributed by atoms with van der Waals surface area (Å²) in [5, 5.41) is 5.82. The molecule has 1 saturated carbocycles. The number of carbonyl (C=O) groups excluding carboxylic acids is 3. The van der Waals surface area contributed by atoms with E-state index in [9.17, 15) is 14.4 Å². The van der Waals surface area contributed by atoms with Crippen molar-refractivity contribution in [3.63, 3.8) is 0 Å². The van der Waals surface area contributed by atoms with Crippen LogP contribution in [0, 0.1) is 0 Å². The third-order valence-corrected chi connectivity index (χ3v) is 5.18. The van der Waals surface area contributed by atoms with E-state index in [1.165, 1.54) is 19.8 Å². The third kappa shape index (κ3) is 5.21. The summed E-state index contributed by atoms with van der Waals surface area (Å²) >= 11 is 0. The molecule has 0 aromatic heterocycles. The van der Waals surface area contributed by atoms with Crippen molar-refractivity contribution in [1.82, 2.24) is 15.1 Å². The van der Waals surface area contributed by atoms with Crippen molar-refractivity contribution < 1.29 is 14.4 Å². The number of rotatable bonds is 3. The molecule has 1 aliphatic heterocycles. The molecule has 0 atom stereocenters. The van der Waals surface area contributed by atoms with E-state index < -0.39 is 0 Å². The van der Waals surface area contributed by atoms with Gasteiger partial charge in [0.25, 0.3) is 5.91 Å². The maximum Gasteiger partial charge on any atom is 0.317 e. The number of carbonyl (C=O) groups is 3. The molecule has 27 heavy (non-hydrogen) atoms. The first-order valence-corrected chi connectivity index (χ1v) is 9.75. The van der Waals surface area contributed by atoms with Gasteiger partial charge in [0.15, 0.2) is 0 Å². The van der Waals surface area contributed by atoms with Crippen molar-refractivity contribution in [2.24, 2.45) is 0 Å². The van der Waals surface area contributed by atoms with Crippen molar-refractivity contribution in [3.8, 4) is 0 Å². The minimum Gasteiger partial charge on any atom is -0.337 e. The highest BCUT2D eigenvalue weighted by Gasteiger charge is 2.25. The van der Waals surface area contributed by atoms with Crippen molar-refractivity contribution in [2.75, 3.05) is 31.5 Å². The Labute approximate surface area is 160 Å². The van der Waals surface area contributed by atoms with Crippen LogP contribution in [0.2, 0.25) is 0 Å². The molecule has 1 heterocycles. The molecule has 0 radical (unpaired) electrons. The molecule has 0 bridgehead atoms. The zero-order chi connectivity index (χ0) is 19.2. The number of benzene rings is 1. The fraction of sp³-hybridized carbons (Fsp3) is 0.550. The number of nitrogens with one attached hydrogen (secondary N) is 2. The topological polar surface area (TPSA) is 81.8 Å². The number of amides is 4. The van der Waals surface area contributed by atoms with Crippen LogP contribution in [0.25, 0.3) is 0 Å². The van der Waals surface area contributed by atoms with E-state index in [0.29, 0.717) is 43.5 Å². The van der Waals surface area contributed by atoms with E-state index in [1.807, 2.05) is 4.90 Å². The molecule has 7 nitrogen and oxygen atoms in total. The zero-order valence-corrected chi connectivity index (χ0v) is 15.9. The fourth-order valence-corrected chi connectivity index (χ4v) is 3.78. The average Bonchev–Trinajstić information content (AvgIpc) is 3.02. The van der Waals surface area contributed by atoms with E-state index in [0.717, 1.165) is 19.3 Å². The van der Waals surface area contributed by atoms with Crippen LogP contribution in [0.5, 0.6) is 0 Å². The summed E-state index contributed by atoms with van der Waals surface area (Å²) in [6.07, 6.45) is 5.26. The third-order valence-electron chi connectivity index (χ3n) is 5.18. The standard InChI is InChI=1S/C20H28N4O3/c1-15(25)21-18-9-4-6-16(14-18)19(26)23-10-5-11-24(13-12-23)20(27)22-17-7-2-3-8-17/h4,6,9,14,17H,2-3,5,7-8,10-13H2,1H3,(H,21,25)(H,22,27). The van der Waals surface area contributed by atoms with E-state index >= 15 is 0 Å². The second kappa shape index (κ2) is 8.88. The van der Waals surface area contributed by atoms with Gasteiger partial charge in [-0.15, -0.1) is 0 Å². The van der Waals surface area contributed by atoms with Gasteiger partial charge in [-0.3, -0.25) is 9.59 Å². The van der Waals surface area contributed by atoms with Gasteiger partial charge in [-0.2, -0.15) is 0 Å². The Morgan fingerprint density at radius 2 is 1.67 bits per heavy atom. The van der Waals surface area contributed by atoms with Gasteiger partial charge in [0, 0.05) is 50.4 Å². The maximum absolute atomic E-state index is 12.8. The highest BCUT2D eigenvalue weighted by atomic mass is 16.2. The second-order valence-corrected chi connectivity index (χ2v) is 7.33. The Balaban J connectivity index is 1.57. The summed E-state index contributed by atoms with van der Waals surface area (Å²) in [5.41, 5.74) is 1.16. The number of hydrogen-bond donors (Lipinski definition) is 2. The SMILES string of the molecule is CC(=O)Nc1cccc(C(=O)N2CCCN(C(=O)NC3CCCC3)CC2)c1. The smallest absolute Gasteiger partial charge is 0.317 e. The van der Waals surface area contributed by atoms with Gasteiger partial charge >= 0.3 is 6.03 Å².